The number of phosphoric ester groups is 1. The van der Waals surface area contributed by atoms with Crippen molar-refractivity contribution in [3.05, 3.63) is 85.1 Å². The molecule has 320 valence electrons. The topological polar surface area (TPSA) is 155 Å². The number of allylic oxidation sites excluding steroid dienone is 14. The molecule has 0 amide bonds. The number of carboxylic acids is 1. The van der Waals surface area contributed by atoms with Crippen LogP contribution >= 0.6 is 7.82 Å². The van der Waals surface area contributed by atoms with E-state index in [1.54, 1.807) is 0 Å². The number of hydrogen-bond acceptors (Lipinski definition) is 8. The van der Waals surface area contributed by atoms with E-state index in [2.05, 4.69) is 103 Å². The number of carbonyl (C=O) groups is 2. The maximum absolute atomic E-state index is 12.6. The molecule has 0 saturated heterocycles. The van der Waals surface area contributed by atoms with Crippen molar-refractivity contribution in [1.82, 2.24) is 0 Å². The van der Waals surface area contributed by atoms with Gasteiger partial charge >= 0.3 is 19.8 Å². The molecule has 0 aliphatic carbocycles. The van der Waals surface area contributed by atoms with Gasteiger partial charge < -0.3 is 25.2 Å². The van der Waals surface area contributed by atoms with Gasteiger partial charge in [-0.25, -0.2) is 4.57 Å². The highest BCUT2D eigenvalue weighted by molar-refractivity contribution is 7.47. The van der Waals surface area contributed by atoms with Gasteiger partial charge in [0.05, 0.1) is 19.8 Å². The molecule has 0 saturated carbocycles. The molecular formula is C45H76NO9P. The molecule has 0 heterocycles. The smallest absolute Gasteiger partial charge is 0.472 e. The molecular weight excluding hydrogens is 729 g/mol. The number of ether oxygens (including phenoxy) is 2. The van der Waals surface area contributed by atoms with Gasteiger partial charge in [0.15, 0.2) is 0 Å². The summed E-state index contributed by atoms with van der Waals surface area (Å²) in [6.45, 7) is 3.61. The summed E-state index contributed by atoms with van der Waals surface area (Å²) in [6.07, 6.45) is 50.8. The fourth-order valence-electron chi connectivity index (χ4n) is 5.17. The van der Waals surface area contributed by atoms with Crippen molar-refractivity contribution < 1.29 is 42.7 Å². The number of nitrogens with two attached hydrogens (primary N) is 1. The Kier molecular flexibility index (Phi) is 38.3. The van der Waals surface area contributed by atoms with Gasteiger partial charge in [-0.2, -0.15) is 0 Å². The number of esters is 1. The van der Waals surface area contributed by atoms with Crippen molar-refractivity contribution in [2.24, 2.45) is 5.73 Å². The summed E-state index contributed by atoms with van der Waals surface area (Å²) in [5, 5.41) is 8.88. The highest BCUT2D eigenvalue weighted by Crippen LogP contribution is 2.43. The number of rotatable bonds is 39. The van der Waals surface area contributed by atoms with Crippen LogP contribution < -0.4 is 5.73 Å². The van der Waals surface area contributed by atoms with Crippen molar-refractivity contribution >= 4 is 19.8 Å². The van der Waals surface area contributed by atoms with E-state index in [0.29, 0.717) is 13.0 Å². The Morgan fingerprint density at radius 1 is 0.589 bits per heavy atom. The van der Waals surface area contributed by atoms with Crippen LogP contribution in [0.3, 0.4) is 0 Å². The molecule has 10 nitrogen and oxygen atoms in total. The summed E-state index contributed by atoms with van der Waals surface area (Å²) in [7, 11) is -4.63. The van der Waals surface area contributed by atoms with E-state index in [1.165, 1.54) is 38.5 Å². The fraction of sp³-hybridized carbons (Fsp3) is 0.644. The summed E-state index contributed by atoms with van der Waals surface area (Å²) in [4.78, 5) is 33.4. The SMILES string of the molecule is CC/C=C\C/C=C\C/C=C\C/C=C\C/C=C\C/C=C\C/C=C\CCCCOCC(COP(=O)(O)OCC(N)C(=O)O)OC(=O)CCCCCCCCCCCC. The molecule has 0 fully saturated rings. The summed E-state index contributed by atoms with van der Waals surface area (Å²) in [5.41, 5.74) is 5.34. The highest BCUT2D eigenvalue weighted by atomic mass is 31.2. The maximum Gasteiger partial charge on any atom is 0.472 e. The minimum Gasteiger partial charge on any atom is -0.480 e. The first-order valence-corrected chi connectivity index (χ1v) is 22.6. The lowest BCUT2D eigenvalue weighted by atomic mass is 10.1. The van der Waals surface area contributed by atoms with Crippen LogP contribution in [0.2, 0.25) is 0 Å². The first kappa shape index (κ1) is 53.1. The Balaban J connectivity index is 4.30. The van der Waals surface area contributed by atoms with Crippen LogP contribution in [0.4, 0.5) is 0 Å². The Hall–Kier alpha value is -2.85. The number of phosphoric acid groups is 1. The molecule has 11 heteroatoms. The molecule has 0 aromatic heterocycles. The molecule has 3 unspecified atom stereocenters. The zero-order chi connectivity index (χ0) is 41.2. The lowest BCUT2D eigenvalue weighted by Gasteiger charge is -2.20. The molecule has 0 bridgehead atoms. The van der Waals surface area contributed by atoms with E-state index in [4.69, 9.17) is 24.8 Å². The molecule has 4 N–H and O–H groups in total. The molecule has 0 rings (SSSR count). The van der Waals surface area contributed by atoms with Gasteiger partial charge in [0.1, 0.15) is 12.1 Å². The van der Waals surface area contributed by atoms with Gasteiger partial charge in [0.25, 0.3) is 0 Å². The van der Waals surface area contributed by atoms with Gasteiger partial charge in [0.2, 0.25) is 0 Å². The van der Waals surface area contributed by atoms with Crippen molar-refractivity contribution in [1.29, 1.82) is 0 Å². The molecule has 0 radical (unpaired) electrons. The van der Waals surface area contributed by atoms with Crippen LogP contribution in [-0.4, -0.2) is 60.5 Å². The number of hydrogen-bond donors (Lipinski definition) is 3. The second-order valence-electron chi connectivity index (χ2n) is 13.7. The lowest BCUT2D eigenvalue weighted by molar-refractivity contribution is -0.154. The van der Waals surface area contributed by atoms with Crippen molar-refractivity contribution in [2.75, 3.05) is 26.4 Å². The quantitative estimate of drug-likeness (QED) is 0.0237. The van der Waals surface area contributed by atoms with E-state index in [-0.39, 0.29) is 13.0 Å². The average Bonchev–Trinajstić information content (AvgIpc) is 3.18. The first-order chi connectivity index (χ1) is 27.2. The monoisotopic (exact) mass is 806 g/mol. The normalized spacial score (nSPS) is 14.8. The summed E-state index contributed by atoms with van der Waals surface area (Å²) in [6, 6.07) is -1.48. The van der Waals surface area contributed by atoms with Gasteiger partial charge in [0, 0.05) is 13.0 Å². The second-order valence-corrected chi connectivity index (χ2v) is 15.2. The molecule has 3 atom stereocenters. The Labute approximate surface area is 339 Å². The molecule has 0 spiro atoms. The van der Waals surface area contributed by atoms with E-state index in [0.717, 1.165) is 83.5 Å². The predicted molar refractivity (Wildman–Crippen MR) is 230 cm³/mol. The van der Waals surface area contributed by atoms with E-state index in [9.17, 15) is 19.0 Å². The van der Waals surface area contributed by atoms with E-state index >= 15 is 0 Å². The van der Waals surface area contributed by atoms with Crippen LogP contribution in [0, 0.1) is 0 Å². The van der Waals surface area contributed by atoms with Crippen LogP contribution in [-0.2, 0) is 32.7 Å². The summed E-state index contributed by atoms with van der Waals surface area (Å²) in [5.74, 6) is -1.81. The standard InChI is InChI=1S/C45H76NO9P/c1-3-5-7-9-11-13-15-16-17-18-19-20-21-22-23-24-25-26-27-28-30-32-34-36-38-52-39-42(40-53-56(50,51)54-41-43(46)45(48)49)55-44(47)37-35-33-31-29-14-12-10-8-6-4-2/h5,7,11,13,16-17,19-20,22-23,25-26,28,30,42-43H,3-4,6,8-10,12,14-15,18,21,24,27,29,31-41,46H2,1-2H3,(H,48,49)(H,50,51)/b7-5-,13-11-,17-16-,20-19-,23-22-,26-25-,30-28-. The number of carbonyl (C=O) groups excluding carboxylic acids is 1. The van der Waals surface area contributed by atoms with Crippen LogP contribution in [0.25, 0.3) is 0 Å². The van der Waals surface area contributed by atoms with Crippen LogP contribution in [0.5, 0.6) is 0 Å². The van der Waals surface area contributed by atoms with Crippen molar-refractivity contribution in [3.8, 4) is 0 Å². The largest absolute Gasteiger partial charge is 0.480 e. The van der Waals surface area contributed by atoms with Gasteiger partial charge in [-0.05, 0) is 70.6 Å². The van der Waals surface area contributed by atoms with Crippen LogP contribution in [0.1, 0.15) is 149 Å². The zero-order valence-corrected chi connectivity index (χ0v) is 35.6. The van der Waals surface area contributed by atoms with E-state index < -0.39 is 45.1 Å². The minimum atomic E-state index is -4.63. The molecule has 0 aromatic rings. The molecule has 56 heavy (non-hydrogen) atoms. The molecule has 0 aliphatic rings. The van der Waals surface area contributed by atoms with Gasteiger partial charge in [-0.1, -0.05) is 157 Å². The lowest BCUT2D eigenvalue weighted by Crippen LogP contribution is -2.34. The zero-order valence-electron chi connectivity index (χ0n) is 34.7. The maximum atomic E-state index is 12.6. The summed E-state index contributed by atoms with van der Waals surface area (Å²) < 4.78 is 33.2. The van der Waals surface area contributed by atoms with Crippen molar-refractivity contribution in [3.63, 3.8) is 0 Å². The number of unbranched alkanes of at least 4 members (excludes halogenated alkanes) is 11. The highest BCUT2D eigenvalue weighted by Gasteiger charge is 2.27. The van der Waals surface area contributed by atoms with Crippen LogP contribution in [0.15, 0.2) is 85.1 Å². The Morgan fingerprint density at radius 2 is 1.04 bits per heavy atom. The minimum absolute atomic E-state index is 0.0169. The fourth-order valence-corrected chi connectivity index (χ4v) is 5.95. The third-order valence-corrected chi connectivity index (χ3v) is 9.39. The summed E-state index contributed by atoms with van der Waals surface area (Å²) >= 11 is 0. The number of carboxylic acid groups (broad SMARTS) is 1. The molecule has 0 aliphatic heterocycles. The predicted octanol–water partition coefficient (Wildman–Crippen LogP) is 11.6. The third kappa shape index (κ3) is 39.4. The molecule has 0 aromatic carbocycles. The average molecular weight is 806 g/mol. The van der Waals surface area contributed by atoms with Crippen molar-refractivity contribution in [2.45, 2.75) is 161 Å². The van der Waals surface area contributed by atoms with E-state index in [1.807, 2.05) is 0 Å². The van der Waals surface area contributed by atoms with Gasteiger partial charge in [-0.15, -0.1) is 0 Å². The Morgan fingerprint density at radius 3 is 1.52 bits per heavy atom. The first-order valence-electron chi connectivity index (χ1n) is 21.1. The van der Waals surface area contributed by atoms with Gasteiger partial charge in [-0.3, -0.25) is 18.6 Å². The number of aliphatic carboxylic acids is 1. The Bertz CT molecular complexity index is 1210. The third-order valence-electron chi connectivity index (χ3n) is 8.44. The second kappa shape index (κ2) is 40.4.